The van der Waals surface area contributed by atoms with E-state index in [0.29, 0.717) is 30.9 Å². The molecule has 0 radical (unpaired) electrons. The van der Waals surface area contributed by atoms with Gasteiger partial charge in [0.05, 0.1) is 36.6 Å². The molecule has 0 spiro atoms. The number of aliphatic imine (C=N–C) groups is 1. The molecule has 0 unspecified atom stereocenters. The summed E-state index contributed by atoms with van der Waals surface area (Å²) in [4.78, 5) is 26.7. The lowest BCUT2D eigenvalue weighted by atomic mass is 9.82. The molecule has 0 aromatic carbocycles. The molecular weight excluding hydrogens is 552 g/mol. The molecule has 1 N–H and O–H groups in total. The van der Waals surface area contributed by atoms with Crippen molar-refractivity contribution in [1.82, 2.24) is 29.7 Å². The van der Waals surface area contributed by atoms with E-state index in [4.69, 9.17) is 4.74 Å². The standard InChI is InChI=1S/C34H42N8O2/c1-4-44-29-20-30(33-27(22-35)23-38-42(33)24-29)26(2)11-12-31(36-3)41-18-13-34(14-19-41,21-28-10-6-7-15-37-28)39-32(43)25-40-16-8-5-9-17-40/h6-7,10-12,15,20,23-24H,3-5,8-9,13-14,16-19,21,25H2,1-2H3,(H,39,43)/b26-11+,31-12+. The average molecular weight is 595 g/mol. The number of carbonyl (C=O) groups is 1. The third kappa shape index (κ3) is 7.34. The molecule has 2 aliphatic heterocycles. The zero-order valence-corrected chi connectivity index (χ0v) is 25.8. The maximum absolute atomic E-state index is 13.3. The first kappa shape index (κ1) is 31.0. The molecule has 1 amide bonds. The molecule has 3 aromatic rings. The van der Waals surface area contributed by atoms with Gasteiger partial charge in [0, 0.05) is 42.5 Å². The van der Waals surface area contributed by atoms with Crippen LogP contribution in [0.2, 0.25) is 0 Å². The highest BCUT2D eigenvalue weighted by Crippen LogP contribution is 2.30. The highest BCUT2D eigenvalue weighted by Gasteiger charge is 2.37. The molecule has 0 aliphatic carbocycles. The highest BCUT2D eigenvalue weighted by molar-refractivity contribution is 5.82. The number of pyridine rings is 2. The van der Waals surface area contributed by atoms with Gasteiger partial charge >= 0.3 is 0 Å². The smallest absolute Gasteiger partial charge is 0.234 e. The summed E-state index contributed by atoms with van der Waals surface area (Å²) in [6.45, 7) is 12.2. The fourth-order valence-electron chi connectivity index (χ4n) is 6.29. The molecule has 5 heterocycles. The Morgan fingerprint density at radius 2 is 2.00 bits per heavy atom. The first-order chi connectivity index (χ1) is 21.4. The summed E-state index contributed by atoms with van der Waals surface area (Å²) in [5.74, 6) is 1.54. The van der Waals surface area contributed by atoms with Crippen molar-refractivity contribution in [3.63, 3.8) is 0 Å². The number of ether oxygens (including phenoxy) is 1. The highest BCUT2D eigenvalue weighted by atomic mass is 16.5. The molecular formula is C34H42N8O2. The van der Waals surface area contributed by atoms with Gasteiger partial charge in [-0.15, -0.1) is 0 Å². The monoisotopic (exact) mass is 594 g/mol. The summed E-state index contributed by atoms with van der Waals surface area (Å²) in [7, 11) is 0. The number of nitrogens with zero attached hydrogens (tertiary/aromatic N) is 7. The second-order valence-corrected chi connectivity index (χ2v) is 11.7. The molecule has 5 rings (SSSR count). The number of carbonyl (C=O) groups excluding carboxylic acids is 1. The summed E-state index contributed by atoms with van der Waals surface area (Å²) in [5, 5.41) is 17.5. The van der Waals surface area contributed by atoms with Gasteiger partial charge in [-0.1, -0.05) is 18.6 Å². The van der Waals surface area contributed by atoms with Crippen LogP contribution in [0.25, 0.3) is 11.1 Å². The SMILES string of the molecule is C=N/C(=C\C=C(/C)c1cc(OCC)cn2ncc(C#N)c12)N1CCC(Cc2ccccn2)(NC(=O)CN2CCCCC2)CC1. The molecule has 0 bridgehead atoms. The van der Waals surface area contributed by atoms with E-state index in [1.807, 2.05) is 56.5 Å². The van der Waals surface area contributed by atoms with E-state index in [2.05, 4.69) is 43.0 Å². The van der Waals surface area contributed by atoms with Crippen molar-refractivity contribution in [2.45, 2.75) is 57.9 Å². The Hall–Kier alpha value is -4.49. The van der Waals surface area contributed by atoms with Crippen molar-refractivity contribution < 1.29 is 9.53 Å². The number of allylic oxidation sites excluding steroid dienone is 3. The normalized spacial score (nSPS) is 17.7. The number of rotatable bonds is 11. The summed E-state index contributed by atoms with van der Waals surface area (Å²) < 4.78 is 7.45. The van der Waals surface area contributed by atoms with Crippen molar-refractivity contribution in [2.75, 3.05) is 39.3 Å². The van der Waals surface area contributed by atoms with E-state index in [9.17, 15) is 10.1 Å². The number of likely N-dealkylation sites (tertiary alicyclic amines) is 2. The maximum atomic E-state index is 13.3. The van der Waals surface area contributed by atoms with Crippen LogP contribution in [-0.4, -0.2) is 81.9 Å². The van der Waals surface area contributed by atoms with Crippen LogP contribution in [0, 0.1) is 11.3 Å². The predicted octanol–water partition coefficient (Wildman–Crippen LogP) is 4.62. The quantitative estimate of drug-likeness (QED) is 0.255. The maximum Gasteiger partial charge on any atom is 0.234 e. The number of piperidine rings is 2. The van der Waals surface area contributed by atoms with Crippen molar-refractivity contribution in [3.05, 3.63) is 77.6 Å². The zero-order valence-electron chi connectivity index (χ0n) is 25.8. The lowest BCUT2D eigenvalue weighted by Gasteiger charge is -2.43. The van der Waals surface area contributed by atoms with E-state index in [1.165, 1.54) is 6.42 Å². The minimum absolute atomic E-state index is 0.0876. The molecule has 2 aliphatic rings. The van der Waals surface area contributed by atoms with Crippen LogP contribution in [0.4, 0.5) is 0 Å². The topological polar surface area (TPSA) is 111 Å². The number of hydrogen-bond acceptors (Lipinski definition) is 8. The Labute approximate surface area is 259 Å². The van der Waals surface area contributed by atoms with Crippen LogP contribution in [0.15, 0.2) is 65.8 Å². The molecule has 44 heavy (non-hydrogen) atoms. The Balaban J connectivity index is 1.34. The van der Waals surface area contributed by atoms with Gasteiger partial charge in [-0.3, -0.25) is 14.7 Å². The van der Waals surface area contributed by atoms with Gasteiger partial charge < -0.3 is 15.0 Å². The summed E-state index contributed by atoms with van der Waals surface area (Å²) in [6, 6.07) is 10.1. The van der Waals surface area contributed by atoms with Gasteiger partial charge in [-0.2, -0.15) is 10.4 Å². The molecule has 3 aromatic heterocycles. The van der Waals surface area contributed by atoms with Gasteiger partial charge in [0.15, 0.2) is 0 Å². The predicted molar refractivity (Wildman–Crippen MR) is 172 cm³/mol. The van der Waals surface area contributed by atoms with Crippen LogP contribution >= 0.6 is 0 Å². The average Bonchev–Trinajstić information content (AvgIpc) is 3.46. The molecule has 2 fully saturated rings. The van der Waals surface area contributed by atoms with Crippen molar-refractivity contribution in [3.8, 4) is 11.8 Å². The lowest BCUT2D eigenvalue weighted by molar-refractivity contribution is -0.125. The molecule has 0 atom stereocenters. The number of nitrogens with one attached hydrogen (secondary N) is 1. The number of fused-ring (bicyclic) bond motifs is 1. The molecule has 230 valence electrons. The van der Waals surface area contributed by atoms with Crippen molar-refractivity contribution in [2.24, 2.45) is 4.99 Å². The fraction of sp³-hybridized carbons (Fsp3) is 0.441. The van der Waals surface area contributed by atoms with Crippen molar-refractivity contribution >= 4 is 23.7 Å². The first-order valence-corrected chi connectivity index (χ1v) is 15.5. The Kier molecular flexibility index (Phi) is 10.1. The minimum Gasteiger partial charge on any atom is -0.492 e. The summed E-state index contributed by atoms with van der Waals surface area (Å²) in [6.07, 6.45) is 14.9. The van der Waals surface area contributed by atoms with Crippen LogP contribution in [-0.2, 0) is 11.2 Å². The lowest BCUT2D eigenvalue weighted by Crippen LogP contribution is -2.58. The van der Waals surface area contributed by atoms with Gasteiger partial charge in [-0.25, -0.2) is 9.51 Å². The van der Waals surface area contributed by atoms with E-state index in [-0.39, 0.29) is 11.4 Å². The van der Waals surface area contributed by atoms with Gasteiger partial charge in [0.25, 0.3) is 0 Å². The molecule has 2 saturated heterocycles. The molecule has 0 saturated carbocycles. The Morgan fingerprint density at radius 1 is 1.20 bits per heavy atom. The minimum atomic E-state index is -0.378. The fourth-order valence-corrected chi connectivity index (χ4v) is 6.29. The molecule has 10 heteroatoms. The second kappa shape index (κ2) is 14.3. The Morgan fingerprint density at radius 3 is 2.68 bits per heavy atom. The summed E-state index contributed by atoms with van der Waals surface area (Å²) in [5.41, 5.74) is 3.66. The van der Waals surface area contributed by atoms with E-state index in [0.717, 1.165) is 80.0 Å². The molecule has 10 nitrogen and oxygen atoms in total. The van der Waals surface area contributed by atoms with Gasteiger partial charge in [-0.05, 0) is 89.2 Å². The third-order valence-electron chi connectivity index (χ3n) is 8.60. The number of amides is 1. The first-order valence-electron chi connectivity index (χ1n) is 15.5. The largest absolute Gasteiger partial charge is 0.492 e. The second-order valence-electron chi connectivity index (χ2n) is 11.7. The zero-order chi connectivity index (χ0) is 30.9. The van der Waals surface area contributed by atoms with Gasteiger partial charge in [0.2, 0.25) is 5.91 Å². The third-order valence-corrected chi connectivity index (χ3v) is 8.60. The van der Waals surface area contributed by atoms with E-state index in [1.54, 1.807) is 16.9 Å². The van der Waals surface area contributed by atoms with Crippen LogP contribution in [0.5, 0.6) is 5.75 Å². The number of nitriles is 1. The van der Waals surface area contributed by atoms with Crippen LogP contribution in [0.3, 0.4) is 0 Å². The van der Waals surface area contributed by atoms with E-state index < -0.39 is 0 Å². The van der Waals surface area contributed by atoms with E-state index >= 15 is 0 Å². The van der Waals surface area contributed by atoms with Crippen LogP contribution < -0.4 is 10.1 Å². The van der Waals surface area contributed by atoms with Gasteiger partial charge in [0.1, 0.15) is 17.6 Å². The summed E-state index contributed by atoms with van der Waals surface area (Å²) >= 11 is 0. The van der Waals surface area contributed by atoms with Crippen LogP contribution in [0.1, 0.15) is 62.8 Å². The number of hydrogen-bond donors (Lipinski definition) is 1. The number of aromatic nitrogens is 3. The Bertz CT molecular complexity index is 1560. The van der Waals surface area contributed by atoms with Crippen molar-refractivity contribution in [1.29, 1.82) is 5.26 Å².